The number of hydrogen-bond donors (Lipinski definition) is 3. The summed E-state index contributed by atoms with van der Waals surface area (Å²) in [6.45, 7) is -0.479. The maximum Gasteiger partial charge on any atom is 0.284 e. The molecule has 2 amide bonds. The second-order valence-electron chi connectivity index (χ2n) is 8.07. The molecule has 0 radical (unpaired) electrons. The van der Waals surface area contributed by atoms with E-state index in [1.54, 1.807) is 18.2 Å². The van der Waals surface area contributed by atoms with Crippen LogP contribution in [-0.4, -0.2) is 62.3 Å². The maximum absolute atomic E-state index is 14.3. The van der Waals surface area contributed by atoms with Gasteiger partial charge in [0.25, 0.3) is 5.56 Å². The summed E-state index contributed by atoms with van der Waals surface area (Å²) in [5, 5.41) is 3.49. The smallest absolute Gasteiger partial charge is 0.284 e. The molecule has 4 rings (SSSR count). The Kier molecular flexibility index (Phi) is 7.28. The van der Waals surface area contributed by atoms with Gasteiger partial charge in [-0.2, -0.15) is 0 Å². The summed E-state index contributed by atoms with van der Waals surface area (Å²) in [4.78, 5) is 43.2. The van der Waals surface area contributed by atoms with E-state index in [4.69, 9.17) is 4.74 Å². The first kappa shape index (κ1) is 24.9. The zero-order valence-electron chi connectivity index (χ0n) is 18.7. The minimum Gasteiger partial charge on any atom is -0.384 e. The number of aromatic nitrogens is 2. The third-order valence-electron chi connectivity index (χ3n) is 5.38. The summed E-state index contributed by atoms with van der Waals surface area (Å²) < 4.78 is 45.8. The van der Waals surface area contributed by atoms with Crippen molar-refractivity contribution in [2.45, 2.75) is 24.1 Å². The summed E-state index contributed by atoms with van der Waals surface area (Å²) >= 11 is 0.967. The van der Waals surface area contributed by atoms with E-state index >= 15 is 0 Å². The Labute approximate surface area is 203 Å². The number of carbonyl (C=O) groups is 2. The van der Waals surface area contributed by atoms with Crippen molar-refractivity contribution in [2.24, 2.45) is 0 Å². The van der Waals surface area contributed by atoms with Crippen LogP contribution in [0.3, 0.4) is 0 Å². The van der Waals surface area contributed by atoms with Crippen LogP contribution in [-0.2, 0) is 24.2 Å². The molecule has 1 unspecified atom stereocenters. The van der Waals surface area contributed by atoms with Crippen LogP contribution in [0, 0.1) is 5.82 Å². The summed E-state index contributed by atoms with van der Waals surface area (Å²) in [5.74, 6) is -2.63. The molecule has 1 atom stereocenters. The number of hydrogen-bond acceptors (Lipinski definition) is 8. The summed E-state index contributed by atoms with van der Waals surface area (Å²) in [6, 6.07) is 6.21. The number of halogens is 1. The summed E-state index contributed by atoms with van der Waals surface area (Å²) in [5.41, 5.74) is 0.0232. The summed E-state index contributed by atoms with van der Waals surface area (Å²) in [6.07, 6.45) is 3.08. The molecule has 2 aromatic heterocycles. The van der Waals surface area contributed by atoms with Gasteiger partial charge in [0.15, 0.2) is 20.9 Å². The van der Waals surface area contributed by atoms with Crippen LogP contribution >= 0.6 is 11.3 Å². The number of aromatic amines is 1. The van der Waals surface area contributed by atoms with Crippen molar-refractivity contribution >= 4 is 43.2 Å². The van der Waals surface area contributed by atoms with E-state index in [9.17, 15) is 27.2 Å². The number of ether oxygens (including phenoxy) is 1. The van der Waals surface area contributed by atoms with Crippen molar-refractivity contribution in [3.05, 3.63) is 51.6 Å². The lowest BCUT2D eigenvalue weighted by Crippen LogP contribution is -2.41. The monoisotopic (exact) mass is 522 g/mol. The van der Waals surface area contributed by atoms with Crippen molar-refractivity contribution in [1.82, 2.24) is 20.6 Å². The van der Waals surface area contributed by atoms with Gasteiger partial charge in [0.05, 0.1) is 29.1 Å². The van der Waals surface area contributed by atoms with Gasteiger partial charge in [0, 0.05) is 24.9 Å². The third kappa shape index (κ3) is 5.74. The predicted octanol–water partition coefficient (Wildman–Crippen LogP) is 1.29. The van der Waals surface area contributed by atoms with Gasteiger partial charge in [-0.05, 0) is 36.6 Å². The van der Waals surface area contributed by atoms with Gasteiger partial charge >= 0.3 is 0 Å². The minimum atomic E-state index is -4.04. The first-order valence-corrected chi connectivity index (χ1v) is 13.3. The number of pyridine rings is 1. The highest BCUT2D eigenvalue weighted by Crippen LogP contribution is 2.34. The number of amides is 2. The highest BCUT2D eigenvalue weighted by molar-refractivity contribution is 7.92. The van der Waals surface area contributed by atoms with Crippen LogP contribution in [0.5, 0.6) is 0 Å². The van der Waals surface area contributed by atoms with Crippen molar-refractivity contribution in [1.29, 1.82) is 0 Å². The fraction of sp³-hybridized carbons (Fsp3) is 0.364. The van der Waals surface area contributed by atoms with Crippen molar-refractivity contribution < 1.29 is 27.1 Å². The van der Waals surface area contributed by atoms with Gasteiger partial charge in [-0.3, -0.25) is 14.4 Å². The highest BCUT2D eigenvalue weighted by atomic mass is 32.2. The van der Waals surface area contributed by atoms with Crippen molar-refractivity contribution in [3.8, 4) is 11.1 Å². The zero-order valence-corrected chi connectivity index (χ0v) is 20.3. The Morgan fingerprint density at radius 3 is 2.80 bits per heavy atom. The van der Waals surface area contributed by atoms with Crippen LogP contribution in [0.25, 0.3) is 21.3 Å². The van der Waals surface area contributed by atoms with E-state index in [0.717, 1.165) is 24.2 Å². The highest BCUT2D eigenvalue weighted by Gasteiger charge is 2.37. The molecule has 1 fully saturated rings. The molecule has 0 bridgehead atoms. The lowest BCUT2D eigenvalue weighted by molar-refractivity contribution is -0.126. The predicted molar refractivity (Wildman–Crippen MR) is 128 cm³/mol. The molecule has 0 aliphatic heterocycles. The van der Waals surface area contributed by atoms with Crippen LogP contribution in [0.1, 0.15) is 23.1 Å². The van der Waals surface area contributed by atoms with E-state index < -0.39 is 44.0 Å². The second kappa shape index (κ2) is 10.2. The van der Waals surface area contributed by atoms with Crippen molar-refractivity contribution in [2.75, 3.05) is 26.0 Å². The molecular formula is C22H23FN4O6S2. The third-order valence-corrected chi connectivity index (χ3v) is 8.50. The molecular weight excluding hydrogens is 499 g/mol. The molecule has 10 nitrogen and oxygen atoms in total. The Bertz CT molecular complexity index is 1430. The molecule has 1 aliphatic rings. The quantitative estimate of drug-likeness (QED) is 0.363. The Morgan fingerprint density at radius 2 is 2.09 bits per heavy atom. The molecule has 1 aromatic carbocycles. The topological polar surface area (TPSA) is 147 Å². The number of sulfone groups is 1. The Morgan fingerprint density at radius 1 is 1.31 bits per heavy atom. The van der Waals surface area contributed by atoms with E-state index in [-0.39, 0.29) is 29.8 Å². The molecule has 186 valence electrons. The van der Waals surface area contributed by atoms with E-state index in [1.807, 2.05) is 0 Å². The van der Waals surface area contributed by atoms with Gasteiger partial charge < -0.3 is 20.4 Å². The molecule has 3 N–H and O–H groups in total. The second-order valence-corrected chi connectivity index (χ2v) is 11.3. The minimum absolute atomic E-state index is 0.0136. The zero-order chi connectivity index (χ0) is 25.2. The average molecular weight is 523 g/mol. The lowest BCUT2D eigenvalue weighted by Gasteiger charge is -2.15. The van der Waals surface area contributed by atoms with Gasteiger partial charge in [0.1, 0.15) is 5.01 Å². The molecule has 35 heavy (non-hydrogen) atoms. The number of rotatable bonds is 10. The van der Waals surface area contributed by atoms with Gasteiger partial charge in [-0.25, -0.2) is 17.8 Å². The van der Waals surface area contributed by atoms with E-state index in [2.05, 4.69) is 20.6 Å². The van der Waals surface area contributed by atoms with Gasteiger partial charge in [-0.15, -0.1) is 11.3 Å². The molecule has 1 aliphatic carbocycles. The lowest BCUT2D eigenvalue weighted by atomic mass is 10.1. The fourth-order valence-corrected chi connectivity index (χ4v) is 6.39. The van der Waals surface area contributed by atoms with Crippen molar-refractivity contribution in [3.63, 3.8) is 0 Å². The molecule has 2 heterocycles. The molecule has 1 saturated carbocycles. The first-order chi connectivity index (χ1) is 16.7. The van der Waals surface area contributed by atoms with E-state index in [0.29, 0.717) is 15.8 Å². The molecule has 0 spiro atoms. The normalized spacial score (nSPS) is 14.6. The number of benzene rings is 1. The number of carbonyl (C=O) groups excluding carboxylic acids is 2. The number of H-pyrrole nitrogens is 1. The van der Waals surface area contributed by atoms with Crippen LogP contribution < -0.4 is 16.2 Å². The number of nitrogens with one attached hydrogen (secondary N) is 3. The SMILES string of the molecule is COCCS(=O)(=O)C(C(=O)NCC(=O)NC1CC1)c1nc2ccc(-c3cc[nH]c(=O)c3F)cc2s1. The average Bonchev–Trinajstić information content (AvgIpc) is 3.53. The largest absolute Gasteiger partial charge is 0.384 e. The number of nitrogens with zero attached hydrogens (tertiary/aromatic N) is 1. The van der Waals surface area contributed by atoms with Crippen LogP contribution in [0.4, 0.5) is 4.39 Å². The van der Waals surface area contributed by atoms with E-state index in [1.165, 1.54) is 19.4 Å². The Hall–Kier alpha value is -3.16. The molecule has 0 saturated heterocycles. The fourth-order valence-electron chi connectivity index (χ4n) is 3.42. The van der Waals surface area contributed by atoms with Crippen LogP contribution in [0.15, 0.2) is 35.3 Å². The molecule has 13 heteroatoms. The number of methoxy groups -OCH3 is 1. The van der Waals surface area contributed by atoms with Crippen LogP contribution in [0.2, 0.25) is 0 Å². The Balaban J connectivity index is 1.66. The number of fused-ring (bicyclic) bond motifs is 1. The number of thiazole rings is 1. The molecule has 3 aromatic rings. The maximum atomic E-state index is 14.3. The first-order valence-electron chi connectivity index (χ1n) is 10.7. The standard InChI is InChI=1S/C22H23FN4O6S2/c1-33-8-9-35(31,32)19(21(30)25-11-17(28)26-13-3-4-13)22-27-15-5-2-12(10-16(15)34-22)14-6-7-24-20(29)18(14)23/h2,5-7,10,13,19H,3-4,8-9,11H2,1H3,(H,24,29)(H,25,30)(H,26,28). The van der Waals surface area contributed by atoms with Gasteiger partial charge in [-0.1, -0.05) is 6.07 Å². The summed E-state index contributed by atoms with van der Waals surface area (Å²) in [7, 11) is -2.70. The van der Waals surface area contributed by atoms with Gasteiger partial charge in [0.2, 0.25) is 11.8 Å².